The zero-order chi connectivity index (χ0) is 16.4. The molecule has 0 fully saturated rings. The summed E-state index contributed by atoms with van der Waals surface area (Å²) in [6.07, 6.45) is 5.82. The van der Waals surface area contributed by atoms with Crippen molar-refractivity contribution in [3.63, 3.8) is 0 Å². The standard InChI is InChI=1S/C19H24N2O2/c1-3-5-8-12(4-2)17-18-14(11-16(21-17)19(22)23)13-9-6-7-10-15(13)20-18/h6-10,16-17,20-21H,3-5,11H2,1-2H3,(H,22,23)/b12-8+. The largest absolute Gasteiger partial charge is 0.480 e. The van der Waals surface area contributed by atoms with Crippen molar-refractivity contribution in [1.82, 2.24) is 10.3 Å². The quantitative estimate of drug-likeness (QED) is 0.733. The van der Waals surface area contributed by atoms with Gasteiger partial charge in [-0.05, 0) is 24.5 Å². The number of rotatable bonds is 5. The maximum absolute atomic E-state index is 11.6. The first-order chi connectivity index (χ1) is 11.2. The fraction of sp³-hybridized carbons (Fsp3) is 0.421. The molecule has 0 saturated carbocycles. The lowest BCUT2D eigenvalue weighted by Gasteiger charge is -2.31. The van der Waals surface area contributed by atoms with Crippen molar-refractivity contribution in [3.8, 4) is 0 Å². The number of aromatic amines is 1. The molecule has 3 rings (SSSR count). The number of carbonyl (C=O) groups is 1. The highest BCUT2D eigenvalue weighted by atomic mass is 16.4. The Bertz CT molecular complexity index is 745. The third-order valence-corrected chi connectivity index (χ3v) is 4.68. The molecule has 3 N–H and O–H groups in total. The van der Waals surface area contributed by atoms with E-state index < -0.39 is 12.0 Å². The molecule has 0 saturated heterocycles. The Morgan fingerprint density at radius 1 is 1.35 bits per heavy atom. The third kappa shape index (κ3) is 2.91. The summed E-state index contributed by atoms with van der Waals surface area (Å²) in [6.45, 7) is 4.29. The summed E-state index contributed by atoms with van der Waals surface area (Å²) in [6, 6.07) is 7.58. The van der Waals surface area contributed by atoms with Crippen LogP contribution in [0.1, 0.15) is 50.4 Å². The minimum absolute atomic E-state index is 0.0381. The molecule has 1 aliphatic rings. The molecule has 2 aromatic rings. The summed E-state index contributed by atoms with van der Waals surface area (Å²) in [5.41, 5.74) is 4.63. The molecule has 0 spiro atoms. The number of para-hydroxylation sites is 1. The molecule has 0 bridgehead atoms. The Balaban J connectivity index is 2.11. The number of hydrogen-bond donors (Lipinski definition) is 3. The molecule has 1 aliphatic heterocycles. The number of nitrogens with one attached hydrogen (secondary N) is 2. The van der Waals surface area contributed by atoms with E-state index in [1.165, 1.54) is 5.57 Å². The second kappa shape index (κ2) is 6.59. The van der Waals surface area contributed by atoms with Gasteiger partial charge in [0.25, 0.3) is 0 Å². The highest BCUT2D eigenvalue weighted by molar-refractivity contribution is 5.87. The fourth-order valence-corrected chi connectivity index (χ4v) is 3.48. The molecule has 1 aromatic heterocycles. The van der Waals surface area contributed by atoms with Crippen LogP contribution in [-0.4, -0.2) is 22.1 Å². The second-order valence-corrected chi connectivity index (χ2v) is 6.18. The second-order valence-electron chi connectivity index (χ2n) is 6.18. The van der Waals surface area contributed by atoms with Crippen molar-refractivity contribution in [2.45, 2.75) is 51.6 Å². The van der Waals surface area contributed by atoms with Gasteiger partial charge in [0.1, 0.15) is 6.04 Å². The van der Waals surface area contributed by atoms with Gasteiger partial charge >= 0.3 is 5.97 Å². The molecule has 2 unspecified atom stereocenters. The molecular weight excluding hydrogens is 288 g/mol. The number of carboxylic acids is 1. The van der Waals surface area contributed by atoms with Crippen molar-refractivity contribution < 1.29 is 9.90 Å². The van der Waals surface area contributed by atoms with E-state index in [0.717, 1.165) is 41.4 Å². The van der Waals surface area contributed by atoms with Gasteiger partial charge in [-0.2, -0.15) is 0 Å². The number of hydrogen-bond acceptors (Lipinski definition) is 2. The summed E-state index contributed by atoms with van der Waals surface area (Å²) in [5, 5.41) is 14.0. The van der Waals surface area contributed by atoms with E-state index in [-0.39, 0.29) is 6.04 Å². The van der Waals surface area contributed by atoms with Crippen LogP contribution in [0.15, 0.2) is 35.9 Å². The van der Waals surface area contributed by atoms with Crippen molar-refractivity contribution in [2.24, 2.45) is 0 Å². The Kier molecular flexibility index (Phi) is 4.53. The predicted molar refractivity (Wildman–Crippen MR) is 92.6 cm³/mol. The summed E-state index contributed by atoms with van der Waals surface area (Å²) in [4.78, 5) is 15.1. The van der Waals surface area contributed by atoms with E-state index in [4.69, 9.17) is 0 Å². The Morgan fingerprint density at radius 2 is 2.13 bits per heavy atom. The summed E-state index contributed by atoms with van der Waals surface area (Å²) >= 11 is 0. The number of allylic oxidation sites excluding steroid dienone is 1. The lowest BCUT2D eigenvalue weighted by atomic mass is 9.89. The van der Waals surface area contributed by atoms with E-state index in [1.807, 2.05) is 12.1 Å². The molecule has 23 heavy (non-hydrogen) atoms. The highest BCUT2D eigenvalue weighted by Crippen LogP contribution is 2.36. The first-order valence-electron chi connectivity index (χ1n) is 8.42. The zero-order valence-electron chi connectivity index (χ0n) is 13.7. The van der Waals surface area contributed by atoms with Gasteiger partial charge in [-0.15, -0.1) is 0 Å². The highest BCUT2D eigenvalue weighted by Gasteiger charge is 2.34. The molecular formula is C19H24N2O2. The van der Waals surface area contributed by atoms with Crippen molar-refractivity contribution in [3.05, 3.63) is 47.2 Å². The van der Waals surface area contributed by atoms with Crippen LogP contribution >= 0.6 is 0 Å². The summed E-state index contributed by atoms with van der Waals surface area (Å²) in [7, 11) is 0. The number of benzene rings is 1. The summed E-state index contributed by atoms with van der Waals surface area (Å²) < 4.78 is 0. The van der Waals surface area contributed by atoms with Crippen LogP contribution in [0.2, 0.25) is 0 Å². The van der Waals surface area contributed by atoms with E-state index >= 15 is 0 Å². The molecule has 4 nitrogen and oxygen atoms in total. The van der Waals surface area contributed by atoms with Gasteiger partial charge in [0.05, 0.1) is 6.04 Å². The van der Waals surface area contributed by atoms with Crippen molar-refractivity contribution in [2.75, 3.05) is 0 Å². The molecule has 4 heteroatoms. The maximum Gasteiger partial charge on any atom is 0.321 e. The van der Waals surface area contributed by atoms with Gasteiger partial charge in [0.2, 0.25) is 0 Å². The minimum Gasteiger partial charge on any atom is -0.480 e. The van der Waals surface area contributed by atoms with Crippen molar-refractivity contribution >= 4 is 16.9 Å². The van der Waals surface area contributed by atoms with Crippen LogP contribution in [0.5, 0.6) is 0 Å². The maximum atomic E-state index is 11.6. The van der Waals surface area contributed by atoms with E-state index in [9.17, 15) is 9.90 Å². The Labute approximate surface area is 136 Å². The van der Waals surface area contributed by atoms with Gasteiger partial charge in [0.15, 0.2) is 0 Å². The van der Waals surface area contributed by atoms with Crippen LogP contribution in [0.4, 0.5) is 0 Å². The molecule has 0 aliphatic carbocycles. The number of fused-ring (bicyclic) bond motifs is 3. The Morgan fingerprint density at radius 3 is 2.83 bits per heavy atom. The zero-order valence-corrected chi connectivity index (χ0v) is 13.7. The summed E-state index contributed by atoms with van der Waals surface area (Å²) in [5.74, 6) is -0.781. The van der Waals surface area contributed by atoms with Gasteiger partial charge in [-0.1, -0.05) is 50.1 Å². The number of aromatic nitrogens is 1. The average molecular weight is 312 g/mol. The van der Waals surface area contributed by atoms with Crippen molar-refractivity contribution in [1.29, 1.82) is 0 Å². The number of carboxylic acid groups (broad SMARTS) is 1. The minimum atomic E-state index is -0.781. The van der Waals surface area contributed by atoms with E-state index in [2.05, 4.69) is 42.4 Å². The van der Waals surface area contributed by atoms with E-state index in [1.54, 1.807) is 0 Å². The molecule has 122 valence electrons. The first kappa shape index (κ1) is 15.8. The number of H-pyrrole nitrogens is 1. The topological polar surface area (TPSA) is 65.1 Å². The molecule has 0 amide bonds. The van der Waals surface area contributed by atoms with Crippen LogP contribution in [-0.2, 0) is 11.2 Å². The van der Waals surface area contributed by atoms with Gasteiger partial charge in [-0.25, -0.2) is 0 Å². The SMILES string of the molecule is CCC/C=C(\CC)C1NC(C(=O)O)Cc2c1[nH]c1ccccc21. The lowest BCUT2D eigenvalue weighted by molar-refractivity contribution is -0.139. The van der Waals surface area contributed by atoms with Crippen LogP contribution in [0.25, 0.3) is 10.9 Å². The van der Waals surface area contributed by atoms with Crippen LogP contribution in [0.3, 0.4) is 0 Å². The smallest absolute Gasteiger partial charge is 0.321 e. The molecule has 2 atom stereocenters. The molecule has 0 radical (unpaired) electrons. The van der Waals surface area contributed by atoms with Gasteiger partial charge in [-0.3, -0.25) is 10.1 Å². The number of unbranched alkanes of at least 4 members (excludes halogenated alkanes) is 1. The van der Waals surface area contributed by atoms with Gasteiger partial charge in [0, 0.05) is 23.0 Å². The van der Waals surface area contributed by atoms with E-state index in [0.29, 0.717) is 6.42 Å². The lowest BCUT2D eigenvalue weighted by Crippen LogP contribution is -2.45. The monoisotopic (exact) mass is 312 g/mol. The number of aliphatic carboxylic acids is 1. The average Bonchev–Trinajstić information content (AvgIpc) is 2.94. The van der Waals surface area contributed by atoms with Crippen LogP contribution in [0, 0.1) is 0 Å². The van der Waals surface area contributed by atoms with Crippen LogP contribution < -0.4 is 5.32 Å². The molecule has 2 heterocycles. The predicted octanol–water partition coefficient (Wildman–Crippen LogP) is 3.94. The van der Waals surface area contributed by atoms with Gasteiger partial charge < -0.3 is 10.1 Å². The normalized spacial score (nSPS) is 21.4. The Hall–Kier alpha value is -2.07. The molecule has 1 aromatic carbocycles. The first-order valence-corrected chi connectivity index (χ1v) is 8.42. The third-order valence-electron chi connectivity index (χ3n) is 4.68. The fourth-order valence-electron chi connectivity index (χ4n) is 3.48.